The summed E-state index contributed by atoms with van der Waals surface area (Å²) >= 11 is 6.06. The Morgan fingerprint density at radius 1 is 1.48 bits per heavy atom. The van der Waals surface area contributed by atoms with Crippen molar-refractivity contribution in [1.29, 1.82) is 0 Å². The number of nitrogens with one attached hydrogen (secondary N) is 1. The van der Waals surface area contributed by atoms with Crippen LogP contribution in [0, 0.1) is 0 Å². The molecule has 2 aromatic rings. The number of carbonyl (C=O) groups excluding carboxylic acids is 1. The monoisotopic (exact) mass is 305 g/mol. The first kappa shape index (κ1) is 14.1. The number of hydrogen-bond donors (Lipinski definition) is 1. The van der Waals surface area contributed by atoms with Gasteiger partial charge < -0.3 is 14.6 Å². The van der Waals surface area contributed by atoms with Gasteiger partial charge in [-0.3, -0.25) is 4.79 Å². The number of aryl methyl sites for hydroxylation is 1. The predicted molar refractivity (Wildman–Crippen MR) is 79.2 cm³/mol. The zero-order valence-electron chi connectivity index (χ0n) is 11.6. The number of ether oxygens (including phenoxy) is 1. The van der Waals surface area contributed by atoms with Gasteiger partial charge in [-0.05, 0) is 18.6 Å². The summed E-state index contributed by atoms with van der Waals surface area (Å²) in [6, 6.07) is 6.91. The highest BCUT2D eigenvalue weighted by Gasteiger charge is 2.33. The molecular weight excluding hydrogens is 290 g/mol. The number of benzene rings is 1. The number of aromatic nitrogens is 2. The number of nitrogens with zero attached hydrogens (tertiary/aromatic N) is 2. The Hall–Kier alpha value is -1.85. The van der Waals surface area contributed by atoms with Crippen molar-refractivity contribution in [1.82, 2.24) is 14.9 Å². The predicted octanol–water partition coefficient (Wildman–Crippen LogP) is 2.33. The SMILES string of the molecule is Cn1ccnc1[C@H]1OCC[C@@H]1NC(=O)c1ccccc1Cl. The van der Waals surface area contributed by atoms with Crippen molar-refractivity contribution >= 4 is 17.5 Å². The van der Waals surface area contributed by atoms with Gasteiger partial charge in [0.1, 0.15) is 11.9 Å². The van der Waals surface area contributed by atoms with Gasteiger partial charge in [-0.25, -0.2) is 4.98 Å². The van der Waals surface area contributed by atoms with Crippen LogP contribution in [0.1, 0.15) is 28.7 Å². The van der Waals surface area contributed by atoms with Crippen LogP contribution in [0.3, 0.4) is 0 Å². The Bertz CT molecular complexity index is 656. The zero-order chi connectivity index (χ0) is 14.8. The minimum absolute atomic E-state index is 0.102. The summed E-state index contributed by atoms with van der Waals surface area (Å²) in [6.07, 6.45) is 4.12. The van der Waals surface area contributed by atoms with Crippen LogP contribution in [-0.2, 0) is 11.8 Å². The van der Waals surface area contributed by atoms with Gasteiger partial charge in [-0.1, -0.05) is 23.7 Å². The molecule has 1 saturated heterocycles. The smallest absolute Gasteiger partial charge is 0.253 e. The van der Waals surface area contributed by atoms with Crippen molar-refractivity contribution in [2.24, 2.45) is 7.05 Å². The summed E-state index contributed by atoms with van der Waals surface area (Å²) < 4.78 is 7.63. The first-order valence-corrected chi connectivity index (χ1v) is 7.19. The Morgan fingerprint density at radius 3 is 3.00 bits per heavy atom. The standard InChI is InChI=1S/C15H16ClN3O2/c1-19-8-7-17-14(19)13-12(6-9-21-13)18-15(20)10-4-2-3-5-11(10)16/h2-5,7-8,12-13H,6,9H2,1H3,(H,18,20)/t12-,13-/m0/s1. The number of amides is 1. The van der Waals surface area contributed by atoms with E-state index in [0.717, 1.165) is 12.2 Å². The summed E-state index contributed by atoms with van der Waals surface area (Å²) in [5.41, 5.74) is 0.477. The molecule has 3 rings (SSSR count). The summed E-state index contributed by atoms with van der Waals surface area (Å²) in [6.45, 7) is 0.602. The number of halogens is 1. The van der Waals surface area contributed by atoms with Gasteiger partial charge in [-0.15, -0.1) is 0 Å². The highest BCUT2D eigenvalue weighted by atomic mass is 35.5. The van der Waals surface area contributed by atoms with Crippen LogP contribution >= 0.6 is 11.6 Å². The van der Waals surface area contributed by atoms with E-state index in [2.05, 4.69) is 10.3 Å². The first-order valence-electron chi connectivity index (χ1n) is 6.81. The van der Waals surface area contributed by atoms with Crippen molar-refractivity contribution in [3.63, 3.8) is 0 Å². The Balaban J connectivity index is 1.77. The van der Waals surface area contributed by atoms with Crippen LogP contribution in [0.4, 0.5) is 0 Å². The minimum atomic E-state index is -0.226. The fraction of sp³-hybridized carbons (Fsp3) is 0.333. The van der Waals surface area contributed by atoms with Gasteiger partial charge in [-0.2, -0.15) is 0 Å². The minimum Gasteiger partial charge on any atom is -0.368 e. The first-order chi connectivity index (χ1) is 10.2. The number of hydrogen-bond acceptors (Lipinski definition) is 3. The van der Waals surface area contributed by atoms with E-state index in [1.54, 1.807) is 30.5 Å². The quantitative estimate of drug-likeness (QED) is 0.947. The molecule has 1 aliphatic heterocycles. The topological polar surface area (TPSA) is 56.1 Å². The number of imidazole rings is 1. The molecule has 2 heterocycles. The van der Waals surface area contributed by atoms with Crippen LogP contribution < -0.4 is 5.32 Å². The molecule has 0 unspecified atom stereocenters. The third-order valence-electron chi connectivity index (χ3n) is 3.64. The van der Waals surface area contributed by atoms with E-state index in [1.165, 1.54) is 0 Å². The van der Waals surface area contributed by atoms with Crippen molar-refractivity contribution in [2.75, 3.05) is 6.61 Å². The second-order valence-electron chi connectivity index (χ2n) is 5.04. The summed E-state index contributed by atoms with van der Waals surface area (Å²) in [4.78, 5) is 16.6. The molecule has 1 aromatic heterocycles. The van der Waals surface area contributed by atoms with Gasteiger partial charge >= 0.3 is 0 Å². The van der Waals surface area contributed by atoms with Gasteiger partial charge in [0.25, 0.3) is 5.91 Å². The van der Waals surface area contributed by atoms with E-state index in [0.29, 0.717) is 17.2 Å². The maximum atomic E-state index is 12.3. The molecule has 1 amide bonds. The molecule has 1 aliphatic rings. The van der Waals surface area contributed by atoms with Crippen molar-refractivity contribution < 1.29 is 9.53 Å². The van der Waals surface area contributed by atoms with E-state index in [9.17, 15) is 4.79 Å². The maximum absolute atomic E-state index is 12.3. The molecule has 1 N–H and O–H groups in total. The largest absolute Gasteiger partial charge is 0.368 e. The molecule has 0 aliphatic carbocycles. The molecule has 0 bridgehead atoms. The second-order valence-corrected chi connectivity index (χ2v) is 5.44. The van der Waals surface area contributed by atoms with E-state index in [1.807, 2.05) is 17.8 Å². The molecule has 21 heavy (non-hydrogen) atoms. The molecule has 2 atom stereocenters. The highest BCUT2D eigenvalue weighted by Crippen LogP contribution is 2.28. The van der Waals surface area contributed by atoms with E-state index in [-0.39, 0.29) is 18.1 Å². The van der Waals surface area contributed by atoms with Gasteiger partial charge in [0.05, 0.1) is 16.6 Å². The van der Waals surface area contributed by atoms with Crippen molar-refractivity contribution in [2.45, 2.75) is 18.6 Å². The van der Waals surface area contributed by atoms with Crippen molar-refractivity contribution in [3.8, 4) is 0 Å². The average molecular weight is 306 g/mol. The average Bonchev–Trinajstić information content (AvgIpc) is 3.07. The third kappa shape index (κ3) is 2.80. The lowest BCUT2D eigenvalue weighted by Gasteiger charge is -2.19. The van der Waals surface area contributed by atoms with E-state index in [4.69, 9.17) is 16.3 Å². The Morgan fingerprint density at radius 2 is 2.29 bits per heavy atom. The summed E-state index contributed by atoms with van der Waals surface area (Å²) in [5, 5.41) is 3.45. The highest BCUT2D eigenvalue weighted by molar-refractivity contribution is 6.33. The zero-order valence-corrected chi connectivity index (χ0v) is 12.4. The summed E-state index contributed by atoms with van der Waals surface area (Å²) in [5.74, 6) is 0.632. The number of rotatable bonds is 3. The van der Waals surface area contributed by atoms with Crippen LogP contribution in [0.15, 0.2) is 36.7 Å². The molecule has 1 aromatic carbocycles. The van der Waals surface area contributed by atoms with Crippen LogP contribution in [0.25, 0.3) is 0 Å². The van der Waals surface area contributed by atoms with Gasteiger partial charge in [0, 0.05) is 26.0 Å². The van der Waals surface area contributed by atoms with Crippen LogP contribution in [-0.4, -0.2) is 28.1 Å². The molecular formula is C15H16ClN3O2. The normalized spacial score (nSPS) is 21.4. The molecule has 110 valence electrons. The molecule has 6 heteroatoms. The van der Waals surface area contributed by atoms with Gasteiger partial charge in [0.15, 0.2) is 0 Å². The summed E-state index contributed by atoms with van der Waals surface area (Å²) in [7, 11) is 1.91. The maximum Gasteiger partial charge on any atom is 0.253 e. The fourth-order valence-corrected chi connectivity index (χ4v) is 2.76. The Labute approximate surface area is 127 Å². The third-order valence-corrected chi connectivity index (χ3v) is 3.97. The lowest BCUT2D eigenvalue weighted by atomic mass is 10.1. The van der Waals surface area contributed by atoms with Crippen LogP contribution in [0.2, 0.25) is 5.02 Å². The lowest BCUT2D eigenvalue weighted by Crippen LogP contribution is -2.37. The van der Waals surface area contributed by atoms with E-state index < -0.39 is 0 Å². The fourth-order valence-electron chi connectivity index (χ4n) is 2.53. The molecule has 0 saturated carbocycles. The molecule has 1 fully saturated rings. The van der Waals surface area contributed by atoms with Gasteiger partial charge in [0.2, 0.25) is 0 Å². The molecule has 0 spiro atoms. The second kappa shape index (κ2) is 5.87. The van der Waals surface area contributed by atoms with Crippen molar-refractivity contribution in [3.05, 3.63) is 53.1 Å². The van der Waals surface area contributed by atoms with Crippen LogP contribution in [0.5, 0.6) is 0 Å². The van der Waals surface area contributed by atoms with E-state index >= 15 is 0 Å². The molecule has 5 nitrogen and oxygen atoms in total. The molecule has 0 radical (unpaired) electrons. The lowest BCUT2D eigenvalue weighted by molar-refractivity contribution is 0.0779. The number of carbonyl (C=O) groups is 1. The Kier molecular flexibility index (Phi) is 3.94.